The fraction of sp³-hybridized carbons (Fsp3) is 0.350. The highest BCUT2D eigenvalue weighted by Gasteiger charge is 2.10. The van der Waals surface area contributed by atoms with Crippen molar-refractivity contribution < 1.29 is 13.5 Å². The van der Waals surface area contributed by atoms with E-state index in [0.29, 0.717) is 24.6 Å². The lowest BCUT2D eigenvalue weighted by Gasteiger charge is -2.15. The first kappa shape index (κ1) is 23.8. The van der Waals surface area contributed by atoms with E-state index in [0.717, 1.165) is 29.9 Å². The minimum atomic E-state index is -2.86. The van der Waals surface area contributed by atoms with E-state index in [1.807, 2.05) is 41.8 Å². The monoisotopic (exact) mass is 530 g/mol. The summed E-state index contributed by atoms with van der Waals surface area (Å²) in [6, 6.07) is 10.9. The number of pyridine rings is 1. The Morgan fingerprint density at radius 2 is 2.03 bits per heavy atom. The number of alkyl halides is 2. The van der Waals surface area contributed by atoms with Gasteiger partial charge in [0.2, 0.25) is 0 Å². The number of benzene rings is 1. The van der Waals surface area contributed by atoms with E-state index in [4.69, 9.17) is 0 Å². The molecular weight excluding hydrogens is 505 g/mol. The summed E-state index contributed by atoms with van der Waals surface area (Å²) in [4.78, 5) is 4.17. The number of fused-ring (bicyclic) bond motifs is 1. The summed E-state index contributed by atoms with van der Waals surface area (Å²) in [5.41, 5.74) is 2.43. The van der Waals surface area contributed by atoms with Gasteiger partial charge in [-0.1, -0.05) is 23.8 Å². The number of halogens is 3. The second-order valence-corrected chi connectivity index (χ2v) is 6.49. The SMILES string of the molecule is CN=C(NCCCc1nnc2ccccn12)NCc1cc(C)ccc1OC(F)F.I. The van der Waals surface area contributed by atoms with Crippen molar-refractivity contribution in [2.45, 2.75) is 32.9 Å². The maximum absolute atomic E-state index is 12.6. The van der Waals surface area contributed by atoms with Crippen LogP contribution in [0.15, 0.2) is 47.6 Å². The molecule has 162 valence electrons. The topological polar surface area (TPSA) is 75.8 Å². The normalized spacial score (nSPS) is 11.4. The van der Waals surface area contributed by atoms with Gasteiger partial charge in [-0.2, -0.15) is 8.78 Å². The summed E-state index contributed by atoms with van der Waals surface area (Å²) in [7, 11) is 1.66. The Labute approximate surface area is 191 Å². The molecule has 3 rings (SSSR count). The van der Waals surface area contributed by atoms with Gasteiger partial charge in [0.15, 0.2) is 11.6 Å². The quantitative estimate of drug-likeness (QED) is 0.202. The predicted molar refractivity (Wildman–Crippen MR) is 123 cm³/mol. The lowest BCUT2D eigenvalue weighted by molar-refractivity contribution is -0.0504. The van der Waals surface area contributed by atoms with Crippen LogP contribution in [-0.2, 0) is 13.0 Å². The molecule has 10 heteroatoms. The van der Waals surface area contributed by atoms with Crippen LogP contribution in [0.3, 0.4) is 0 Å². The second-order valence-electron chi connectivity index (χ2n) is 6.49. The van der Waals surface area contributed by atoms with Gasteiger partial charge in [-0.3, -0.25) is 9.39 Å². The number of ether oxygens (including phenoxy) is 1. The van der Waals surface area contributed by atoms with Gasteiger partial charge in [0.25, 0.3) is 0 Å². The van der Waals surface area contributed by atoms with Crippen molar-refractivity contribution in [1.29, 1.82) is 0 Å². The molecule has 2 aromatic heterocycles. The molecule has 0 aliphatic rings. The molecule has 2 heterocycles. The fourth-order valence-corrected chi connectivity index (χ4v) is 2.97. The Hall–Kier alpha value is -2.50. The molecule has 0 spiro atoms. The molecule has 2 N–H and O–H groups in total. The maximum Gasteiger partial charge on any atom is 0.387 e. The first-order chi connectivity index (χ1) is 14.1. The molecule has 0 radical (unpaired) electrons. The molecule has 0 saturated heterocycles. The zero-order valence-electron chi connectivity index (χ0n) is 16.8. The van der Waals surface area contributed by atoms with Gasteiger partial charge in [-0.05, 0) is 31.5 Å². The summed E-state index contributed by atoms with van der Waals surface area (Å²) in [6.45, 7) is 0.0345. The molecule has 7 nitrogen and oxygen atoms in total. The van der Waals surface area contributed by atoms with Crippen LogP contribution >= 0.6 is 24.0 Å². The van der Waals surface area contributed by atoms with Gasteiger partial charge < -0.3 is 15.4 Å². The molecule has 0 bridgehead atoms. The Balaban J connectivity index is 0.00000320. The Morgan fingerprint density at radius 1 is 1.20 bits per heavy atom. The molecule has 30 heavy (non-hydrogen) atoms. The van der Waals surface area contributed by atoms with E-state index in [9.17, 15) is 8.78 Å². The standard InChI is InChI=1S/C20H24F2N6O.HI/c1-14-8-9-16(29-19(21)22)15(12-14)13-25-20(23-2)24-10-5-7-18-27-26-17-6-3-4-11-28(17)18;/h3-4,6,8-9,11-12,19H,5,7,10,13H2,1-2H3,(H2,23,24,25);1H. The zero-order chi connectivity index (χ0) is 20.6. The third-order valence-corrected chi connectivity index (χ3v) is 4.36. The van der Waals surface area contributed by atoms with E-state index in [1.165, 1.54) is 0 Å². The van der Waals surface area contributed by atoms with Crippen molar-refractivity contribution in [3.8, 4) is 5.75 Å². The zero-order valence-corrected chi connectivity index (χ0v) is 19.1. The van der Waals surface area contributed by atoms with Crippen molar-refractivity contribution in [3.63, 3.8) is 0 Å². The molecule has 0 saturated carbocycles. The highest BCUT2D eigenvalue weighted by molar-refractivity contribution is 14.0. The second kappa shape index (κ2) is 11.6. The molecule has 0 amide bonds. The number of guanidine groups is 1. The number of aromatic nitrogens is 3. The summed E-state index contributed by atoms with van der Waals surface area (Å²) < 4.78 is 31.8. The van der Waals surface area contributed by atoms with Gasteiger partial charge in [-0.25, -0.2) is 0 Å². The molecule has 3 aromatic rings. The minimum absolute atomic E-state index is 0. The van der Waals surface area contributed by atoms with Crippen LogP contribution in [0, 0.1) is 6.92 Å². The van der Waals surface area contributed by atoms with Gasteiger partial charge in [0.1, 0.15) is 11.6 Å². The van der Waals surface area contributed by atoms with E-state index in [1.54, 1.807) is 19.2 Å². The number of hydrogen-bond acceptors (Lipinski definition) is 4. The average Bonchev–Trinajstić information content (AvgIpc) is 3.12. The molecule has 0 fully saturated rings. The van der Waals surface area contributed by atoms with Crippen LogP contribution in [0.5, 0.6) is 5.75 Å². The smallest absolute Gasteiger partial charge is 0.387 e. The predicted octanol–water partition coefficient (Wildman–Crippen LogP) is 3.55. The summed E-state index contributed by atoms with van der Waals surface area (Å²) in [5, 5.41) is 14.7. The molecule has 0 aliphatic heterocycles. The lowest BCUT2D eigenvalue weighted by Crippen LogP contribution is -2.37. The maximum atomic E-state index is 12.6. The van der Waals surface area contributed by atoms with Crippen molar-refractivity contribution in [2.24, 2.45) is 4.99 Å². The Morgan fingerprint density at radius 3 is 2.80 bits per heavy atom. The highest BCUT2D eigenvalue weighted by atomic mass is 127. The van der Waals surface area contributed by atoms with Crippen LogP contribution < -0.4 is 15.4 Å². The molecule has 0 aliphatic carbocycles. The molecular formula is C20H25F2IN6O. The lowest BCUT2D eigenvalue weighted by atomic mass is 10.1. The van der Waals surface area contributed by atoms with E-state index in [2.05, 4.69) is 30.6 Å². The highest BCUT2D eigenvalue weighted by Crippen LogP contribution is 2.21. The third-order valence-electron chi connectivity index (χ3n) is 4.36. The number of aliphatic imine (C=N–C) groups is 1. The van der Waals surface area contributed by atoms with Crippen LogP contribution in [0.25, 0.3) is 5.65 Å². The summed E-state index contributed by atoms with van der Waals surface area (Å²) >= 11 is 0. The van der Waals surface area contributed by atoms with Crippen LogP contribution in [0.1, 0.15) is 23.4 Å². The van der Waals surface area contributed by atoms with Crippen molar-refractivity contribution >= 4 is 35.6 Å². The van der Waals surface area contributed by atoms with Crippen LogP contribution in [0.4, 0.5) is 8.78 Å². The van der Waals surface area contributed by atoms with Crippen molar-refractivity contribution in [1.82, 2.24) is 25.2 Å². The molecule has 0 unspecified atom stereocenters. The van der Waals surface area contributed by atoms with Gasteiger partial charge >= 0.3 is 6.61 Å². The van der Waals surface area contributed by atoms with Crippen molar-refractivity contribution in [2.75, 3.05) is 13.6 Å². The average molecular weight is 530 g/mol. The largest absolute Gasteiger partial charge is 0.434 e. The minimum Gasteiger partial charge on any atom is -0.434 e. The fourth-order valence-electron chi connectivity index (χ4n) is 2.97. The first-order valence-corrected chi connectivity index (χ1v) is 9.34. The molecule has 0 atom stereocenters. The number of aryl methyl sites for hydroxylation is 2. The number of nitrogens with zero attached hydrogens (tertiary/aromatic N) is 4. The first-order valence-electron chi connectivity index (χ1n) is 9.34. The number of nitrogens with one attached hydrogen (secondary N) is 2. The number of rotatable bonds is 8. The van der Waals surface area contributed by atoms with Gasteiger partial charge in [0, 0.05) is 38.3 Å². The van der Waals surface area contributed by atoms with Gasteiger partial charge in [0.05, 0.1) is 0 Å². The Kier molecular flexibility index (Phi) is 9.21. The van der Waals surface area contributed by atoms with E-state index >= 15 is 0 Å². The van der Waals surface area contributed by atoms with Crippen molar-refractivity contribution in [3.05, 3.63) is 59.5 Å². The van der Waals surface area contributed by atoms with Crippen LogP contribution in [-0.4, -0.2) is 40.8 Å². The summed E-state index contributed by atoms with van der Waals surface area (Å²) in [5.74, 6) is 1.65. The third kappa shape index (κ3) is 6.51. The van der Waals surface area contributed by atoms with Gasteiger partial charge in [-0.15, -0.1) is 34.2 Å². The summed E-state index contributed by atoms with van der Waals surface area (Å²) in [6.07, 6.45) is 3.54. The molecule has 1 aromatic carbocycles. The number of hydrogen-bond donors (Lipinski definition) is 2. The van der Waals surface area contributed by atoms with E-state index in [-0.39, 0.29) is 29.7 Å². The Bertz CT molecular complexity index is 979. The van der Waals surface area contributed by atoms with Crippen LogP contribution in [0.2, 0.25) is 0 Å². The van der Waals surface area contributed by atoms with E-state index < -0.39 is 6.61 Å².